The number of anilines is 24. The van der Waals surface area contributed by atoms with E-state index in [1.165, 1.54) is 80.5 Å². The summed E-state index contributed by atoms with van der Waals surface area (Å²) in [5.41, 5.74) is 31.3. The number of benzene rings is 18. The Labute approximate surface area is 877 Å². The molecule has 0 saturated carbocycles. The molecule has 8 nitrogen and oxygen atoms in total. The van der Waals surface area contributed by atoms with Gasteiger partial charge < -0.3 is 0 Å². The average Bonchev–Trinajstić information content (AvgIpc) is 1.65. The molecule has 0 N–H and O–H groups in total. The molecule has 8 heterocycles. The Morgan fingerprint density at radius 2 is 0.496 bits per heavy atom. The Morgan fingerprint density at radius 3 is 0.842 bits per heavy atom. The summed E-state index contributed by atoms with van der Waals surface area (Å²) in [6.45, 7) is -0.0272. The van der Waals surface area contributed by atoms with Gasteiger partial charge in [-0.2, -0.15) is 0 Å². The third-order valence-corrected chi connectivity index (χ3v) is 35.8. The number of nitrogens with zero attached hydrogens (tertiary/aromatic N) is 8. The fraction of sp³-hybridized carbons (Fsp3) is 0.00855. The third kappa shape index (κ3) is 16.8. The van der Waals surface area contributed by atoms with Crippen molar-refractivity contribution < 1.29 is 0 Å². The second-order valence-electron chi connectivity index (χ2n) is 33.9. The Morgan fingerprint density at radius 1 is 0.237 bits per heavy atom. The van der Waals surface area contributed by atoms with E-state index in [1.54, 1.807) is 0 Å². The monoisotopic (exact) mass is 2320 g/mol. The summed E-state index contributed by atoms with van der Waals surface area (Å²) < 4.78 is 8.80. The fourth-order valence-electron chi connectivity index (χ4n) is 20.4. The van der Waals surface area contributed by atoms with E-state index < -0.39 is 0 Å². The molecule has 26 rings (SSSR count). The molecule has 0 unspecified atom stereocenters. The molecular weight excluding hydrogens is 2250 g/mol. The number of hydrogen-bond acceptors (Lipinski definition) is 8. The van der Waals surface area contributed by atoms with E-state index in [2.05, 4.69) is 533 Å². The minimum atomic E-state index is -0.0136. The number of hydrogen-bond donors (Lipinski definition) is 0. The number of halogens is 7. The first kappa shape index (κ1) is 91.0. The van der Waals surface area contributed by atoms with Crippen LogP contribution in [-0.4, -0.2) is 74.6 Å². The molecule has 0 fully saturated rings. The van der Waals surface area contributed by atoms with Crippen molar-refractivity contribution in [2.45, 2.75) is 7.43 Å². The van der Waals surface area contributed by atoms with Gasteiger partial charge in [-0.05, 0) is 0 Å². The summed E-state index contributed by atoms with van der Waals surface area (Å²) >= 11 is 39.1. The number of fused-ring (bicyclic) bond motifs is 14. The van der Waals surface area contributed by atoms with Gasteiger partial charge in [0, 0.05) is 0 Å². The van der Waals surface area contributed by atoms with E-state index >= 15 is 0 Å². The third-order valence-electron chi connectivity index (χ3n) is 25.8. The van der Waals surface area contributed by atoms with Crippen LogP contribution in [0.2, 0.25) is 20.1 Å². The van der Waals surface area contributed by atoms with Crippen molar-refractivity contribution in [2.75, 3.05) is 39.2 Å². The number of para-hydroxylation sites is 8. The Balaban J connectivity index is 0.000000149. The Hall–Kier alpha value is -11.8. The summed E-state index contributed by atoms with van der Waals surface area (Å²) in [4.78, 5) is 24.0. The van der Waals surface area contributed by atoms with Gasteiger partial charge >= 0.3 is 833 Å². The molecular formula is C117H78B3Br3Cl4N8Se4. The first-order valence-electron chi connectivity index (χ1n) is 45.1. The molecule has 0 amide bonds. The molecule has 22 aromatic rings. The molecule has 18 aromatic carbocycles. The van der Waals surface area contributed by atoms with Gasteiger partial charge in [0.15, 0.2) is 0 Å². The standard InChI is InChI=1S/C58H34B2Cl2N4Se2.C58H40Cl2N4Se2.CH4.BBr3/c61-35-29-47-53-49(31-35)65(39-21-9-3-10-22-39)55-41-25-13-15-27-51(41)67-57(55)59(53)43-33-44-46(34-45(43)63(47)37-17-5-1-6-18-37)64(38-19-7-2-8-20-38)48-30-36(62)32-50-54(48)60(44)58-56(42-26-14-16-28-52(42)68-58)66(50)40-23-11-4-12-24-40;59-41-32-49(37-51(34-41)63(45-22-9-3-10-23-45)55-39-65-57-30-15-13-28-53(55)57)61(43-18-5-1-6-19-43)47-26-17-27-48(36-47)62(44-20-7-2-8-21-44)50-33-42(60)35-52(38-50)64(46-24-11-4-12-25-46)56-40-66-58-31-16-14-29-54(56)58;;2-1(3)4/h1-34H;1-40H;1H4;. The maximum absolute atomic E-state index is 7.41. The van der Waals surface area contributed by atoms with E-state index in [1.807, 2.05) is 0 Å². The summed E-state index contributed by atoms with van der Waals surface area (Å²) in [5, 5.41) is 7.80. The van der Waals surface area contributed by atoms with Gasteiger partial charge in [0.05, 0.1) is 0 Å². The quantitative estimate of drug-likeness (QED) is 0.0883. The molecule has 668 valence electrons. The second kappa shape index (κ2) is 39.0. The Kier molecular flexibility index (Phi) is 25.5. The summed E-state index contributed by atoms with van der Waals surface area (Å²) in [6.07, 6.45) is 0. The summed E-state index contributed by atoms with van der Waals surface area (Å²) in [7, 11) is 0. The number of rotatable bonds is 16. The van der Waals surface area contributed by atoms with Gasteiger partial charge in [-0.1, -0.05) is 7.43 Å². The molecule has 4 aliphatic heterocycles. The van der Waals surface area contributed by atoms with E-state index in [4.69, 9.17) is 46.4 Å². The molecule has 0 saturated heterocycles. The van der Waals surface area contributed by atoms with Crippen LogP contribution < -0.4 is 69.7 Å². The van der Waals surface area contributed by atoms with Crippen LogP contribution >= 0.6 is 93.7 Å². The van der Waals surface area contributed by atoms with Gasteiger partial charge in [-0.25, -0.2) is 0 Å². The van der Waals surface area contributed by atoms with Crippen molar-refractivity contribution in [2.24, 2.45) is 0 Å². The van der Waals surface area contributed by atoms with Crippen LogP contribution in [0.5, 0.6) is 0 Å². The maximum atomic E-state index is 7.41. The first-order chi connectivity index (χ1) is 67.9. The minimum absolute atomic E-state index is 0. The van der Waals surface area contributed by atoms with E-state index in [9.17, 15) is 0 Å². The fourth-order valence-corrected chi connectivity index (χ4v) is 30.7. The van der Waals surface area contributed by atoms with Gasteiger partial charge in [0.25, 0.3) is 0 Å². The zero-order chi connectivity index (χ0) is 92.8. The van der Waals surface area contributed by atoms with Gasteiger partial charge in [0.2, 0.25) is 0 Å². The predicted molar refractivity (Wildman–Crippen MR) is 617 cm³/mol. The van der Waals surface area contributed by atoms with Crippen LogP contribution in [0.3, 0.4) is 0 Å². The molecule has 0 radical (unpaired) electrons. The van der Waals surface area contributed by atoms with Gasteiger partial charge in [-0.15, -0.1) is 47.3 Å². The molecule has 0 spiro atoms. The van der Waals surface area contributed by atoms with Crippen molar-refractivity contribution >= 4 is 374 Å². The van der Waals surface area contributed by atoms with Crippen LogP contribution in [0.15, 0.2) is 447 Å². The SMILES string of the molecule is BrB(Br)Br.C.Clc1cc(N(c2ccccc2)c2cccc(N(c3ccccc3)c3cc(Cl)cc(N(c4ccccc4)c4c[se]c5ccccc45)c3)c2)cc(N(c2ccccc2)c2c[se]c3ccccc23)c1.Clc1cc2c3c(c1)N(c1ccccc1)c1c([se]c4ccccc14)B3c1cc3c(cc1N2c1ccccc1)N(c1ccccc1)c1cc(Cl)cc2c1B3c1[se]c3ccccc3c1N2c1ccccc1. The van der Waals surface area contributed by atoms with Crippen LogP contribution in [0.25, 0.3) is 38.6 Å². The normalized spacial score (nSPS) is 12.3. The first-order valence-corrected chi connectivity index (χ1v) is 56.5. The zero-order valence-electron chi connectivity index (χ0n) is 73.3. The molecule has 139 heavy (non-hydrogen) atoms. The van der Waals surface area contributed by atoms with Crippen LogP contribution in [0.4, 0.5) is 136 Å². The van der Waals surface area contributed by atoms with E-state index in [0.29, 0.717) is 20.1 Å². The summed E-state index contributed by atoms with van der Waals surface area (Å²) in [6, 6.07) is 157. The van der Waals surface area contributed by atoms with Crippen LogP contribution in [-0.2, 0) is 0 Å². The Bertz CT molecular complexity index is 7900. The van der Waals surface area contributed by atoms with Crippen LogP contribution in [0.1, 0.15) is 7.43 Å². The molecule has 0 bridgehead atoms. The van der Waals surface area contributed by atoms with Gasteiger partial charge in [0.1, 0.15) is 0 Å². The molecule has 0 aliphatic carbocycles. The molecule has 22 heteroatoms. The van der Waals surface area contributed by atoms with Crippen molar-refractivity contribution in [3.05, 3.63) is 467 Å². The zero-order valence-corrected chi connectivity index (χ0v) is 87.9. The van der Waals surface area contributed by atoms with E-state index in [0.717, 1.165) is 125 Å². The van der Waals surface area contributed by atoms with Crippen molar-refractivity contribution in [1.82, 2.24) is 0 Å². The molecule has 4 aromatic heterocycles. The topological polar surface area (TPSA) is 25.9 Å². The predicted octanol–water partition coefficient (Wildman–Crippen LogP) is 31.7. The molecule has 4 aliphatic rings. The molecule has 0 atom stereocenters. The summed E-state index contributed by atoms with van der Waals surface area (Å²) in [5.74, 6) is 0. The van der Waals surface area contributed by atoms with Crippen molar-refractivity contribution in [3.8, 4) is 0 Å². The second-order valence-corrected chi connectivity index (χ2v) is 50.4. The van der Waals surface area contributed by atoms with Crippen LogP contribution in [0, 0.1) is 0 Å². The van der Waals surface area contributed by atoms with E-state index in [-0.39, 0.29) is 82.1 Å². The average molecular weight is 2330 g/mol. The van der Waals surface area contributed by atoms with Crippen molar-refractivity contribution in [1.29, 1.82) is 0 Å². The van der Waals surface area contributed by atoms with Gasteiger partial charge in [-0.3, -0.25) is 0 Å². The van der Waals surface area contributed by atoms with Crippen molar-refractivity contribution in [3.63, 3.8) is 0 Å².